The van der Waals surface area contributed by atoms with Crippen molar-refractivity contribution in [1.29, 1.82) is 0 Å². The van der Waals surface area contributed by atoms with Crippen LogP contribution in [0.2, 0.25) is 0 Å². The van der Waals surface area contributed by atoms with E-state index in [4.69, 9.17) is 9.84 Å². The van der Waals surface area contributed by atoms with Gasteiger partial charge >= 0.3 is 5.97 Å². The fraction of sp³-hybridized carbons (Fsp3) is 0.875. The fourth-order valence-corrected chi connectivity index (χ4v) is 1.26. The first-order chi connectivity index (χ1) is 7.47. The molecule has 1 fully saturated rings. The van der Waals surface area contributed by atoms with Crippen LogP contribution in [0, 0.1) is 0 Å². The number of carbonyl (C=O) groups excluding carboxylic acids is 1. The van der Waals surface area contributed by atoms with Crippen LogP contribution in [0.1, 0.15) is 6.92 Å². The molecule has 0 unspecified atom stereocenters. The minimum absolute atomic E-state index is 0.578. The van der Waals surface area contributed by atoms with Crippen LogP contribution < -0.4 is 0 Å². The van der Waals surface area contributed by atoms with Crippen LogP contribution in [0.5, 0.6) is 0 Å². The van der Waals surface area contributed by atoms with Gasteiger partial charge < -0.3 is 25.2 Å². The van der Waals surface area contributed by atoms with Gasteiger partial charge in [-0.2, -0.15) is 0 Å². The van der Waals surface area contributed by atoms with Crippen LogP contribution >= 0.6 is 0 Å². The number of ether oxygens (including phenoxy) is 1. The van der Waals surface area contributed by atoms with Gasteiger partial charge in [-0.1, -0.05) is 0 Å². The summed E-state index contributed by atoms with van der Waals surface area (Å²) in [6.45, 7) is 0.495. The molecular weight excluding hydrogens is 224 g/mol. The molecular formula is C8H14O8. The van der Waals surface area contributed by atoms with Crippen molar-refractivity contribution in [2.24, 2.45) is 0 Å². The van der Waals surface area contributed by atoms with E-state index in [9.17, 15) is 20.1 Å². The van der Waals surface area contributed by atoms with E-state index in [1.165, 1.54) is 0 Å². The summed E-state index contributed by atoms with van der Waals surface area (Å²) in [4.78, 5) is 19.0. The van der Waals surface area contributed by atoms with E-state index in [1.54, 1.807) is 0 Å². The van der Waals surface area contributed by atoms with Gasteiger partial charge in [0.15, 0.2) is 0 Å². The zero-order valence-electron chi connectivity index (χ0n) is 8.52. The molecule has 16 heavy (non-hydrogen) atoms. The lowest BCUT2D eigenvalue weighted by Crippen LogP contribution is -2.59. The van der Waals surface area contributed by atoms with Gasteiger partial charge in [-0.15, -0.1) is 4.89 Å². The molecule has 5 atom stereocenters. The van der Waals surface area contributed by atoms with Crippen molar-refractivity contribution in [3.8, 4) is 0 Å². The Hall–Kier alpha value is -0.770. The second kappa shape index (κ2) is 5.53. The second-order valence-corrected chi connectivity index (χ2v) is 3.37. The van der Waals surface area contributed by atoms with Crippen molar-refractivity contribution in [2.45, 2.75) is 37.6 Å². The maximum absolute atomic E-state index is 10.4. The normalized spacial score (nSPS) is 39.4. The Morgan fingerprint density at radius 2 is 1.88 bits per heavy atom. The standard InChI is InChI=1S/C8H14O8/c1-3(10)15-16-8-7(13)6(12)5(11)4(2-9)14-8/h4-9,11-13H,2H2,1H3/t4-,5-,6+,7-,8+/m1/s1. The maximum atomic E-state index is 10.4. The number of aliphatic hydroxyl groups is 4. The average Bonchev–Trinajstić information content (AvgIpc) is 2.25. The highest BCUT2D eigenvalue weighted by atomic mass is 17.2. The quantitative estimate of drug-likeness (QED) is 0.308. The Labute approximate surface area is 90.9 Å². The van der Waals surface area contributed by atoms with E-state index in [0.29, 0.717) is 0 Å². The predicted molar refractivity (Wildman–Crippen MR) is 46.6 cm³/mol. The van der Waals surface area contributed by atoms with Crippen molar-refractivity contribution in [1.82, 2.24) is 0 Å². The number of rotatable bonds is 3. The highest BCUT2D eigenvalue weighted by Crippen LogP contribution is 2.21. The minimum atomic E-state index is -1.59. The first kappa shape index (κ1) is 13.3. The zero-order chi connectivity index (χ0) is 12.3. The summed E-state index contributed by atoms with van der Waals surface area (Å²) in [5, 5.41) is 36.9. The van der Waals surface area contributed by atoms with Gasteiger partial charge in [-0.25, -0.2) is 4.79 Å². The molecule has 0 aromatic rings. The molecule has 0 saturated carbocycles. The van der Waals surface area contributed by atoms with Gasteiger partial charge in [0.1, 0.15) is 24.4 Å². The molecule has 4 N–H and O–H groups in total. The molecule has 1 saturated heterocycles. The summed E-state index contributed by atoms with van der Waals surface area (Å²) >= 11 is 0. The smallest absolute Gasteiger partial charge is 0.339 e. The lowest BCUT2D eigenvalue weighted by molar-refractivity contribution is -0.404. The number of carbonyl (C=O) groups is 1. The molecule has 8 heteroatoms. The molecule has 8 nitrogen and oxygen atoms in total. The largest absolute Gasteiger partial charge is 0.394 e. The zero-order valence-corrected chi connectivity index (χ0v) is 8.52. The molecule has 1 heterocycles. The fourth-order valence-electron chi connectivity index (χ4n) is 1.26. The van der Waals surface area contributed by atoms with E-state index in [2.05, 4.69) is 9.78 Å². The molecule has 0 amide bonds. The number of hydrogen-bond acceptors (Lipinski definition) is 8. The molecule has 1 aliphatic heterocycles. The maximum Gasteiger partial charge on any atom is 0.339 e. The van der Waals surface area contributed by atoms with Crippen molar-refractivity contribution in [3.05, 3.63) is 0 Å². The molecule has 0 spiro atoms. The second-order valence-electron chi connectivity index (χ2n) is 3.37. The van der Waals surface area contributed by atoms with Gasteiger partial charge in [0, 0.05) is 6.92 Å². The number of hydrogen-bond donors (Lipinski definition) is 4. The highest BCUT2D eigenvalue weighted by molar-refractivity contribution is 5.65. The minimum Gasteiger partial charge on any atom is -0.394 e. The molecule has 0 radical (unpaired) electrons. The van der Waals surface area contributed by atoms with Crippen LogP contribution in [0.25, 0.3) is 0 Å². The van der Waals surface area contributed by atoms with E-state index < -0.39 is 43.3 Å². The van der Waals surface area contributed by atoms with Crippen molar-refractivity contribution < 1.29 is 39.7 Å². The lowest BCUT2D eigenvalue weighted by Gasteiger charge is -2.38. The molecule has 1 aliphatic rings. The molecule has 1 rings (SSSR count). The third-order valence-corrected chi connectivity index (χ3v) is 2.11. The Bertz CT molecular complexity index is 242. The van der Waals surface area contributed by atoms with Crippen LogP contribution in [0.15, 0.2) is 0 Å². The molecule has 0 bridgehead atoms. The van der Waals surface area contributed by atoms with Crippen LogP contribution in [-0.4, -0.2) is 63.7 Å². The van der Waals surface area contributed by atoms with E-state index in [1.807, 2.05) is 0 Å². The van der Waals surface area contributed by atoms with Crippen molar-refractivity contribution >= 4 is 5.97 Å². The predicted octanol–water partition coefficient (Wildman–Crippen LogP) is -2.72. The van der Waals surface area contributed by atoms with Gasteiger partial charge in [0.05, 0.1) is 6.61 Å². The summed E-state index contributed by atoms with van der Waals surface area (Å²) in [7, 11) is 0. The topological polar surface area (TPSA) is 126 Å². The Morgan fingerprint density at radius 3 is 2.38 bits per heavy atom. The average molecular weight is 238 g/mol. The summed E-state index contributed by atoms with van der Waals surface area (Å²) in [5.41, 5.74) is 0. The Kier molecular flexibility index (Phi) is 4.59. The van der Waals surface area contributed by atoms with Crippen molar-refractivity contribution in [3.63, 3.8) is 0 Å². The van der Waals surface area contributed by atoms with Crippen LogP contribution in [0.4, 0.5) is 0 Å². The first-order valence-electron chi connectivity index (χ1n) is 4.61. The number of aliphatic hydroxyl groups excluding tert-OH is 4. The van der Waals surface area contributed by atoms with Gasteiger partial charge in [-0.3, -0.25) is 4.89 Å². The van der Waals surface area contributed by atoms with Gasteiger partial charge in [0.2, 0.25) is 6.29 Å². The van der Waals surface area contributed by atoms with Gasteiger partial charge in [-0.05, 0) is 0 Å². The van der Waals surface area contributed by atoms with E-state index in [-0.39, 0.29) is 0 Å². The van der Waals surface area contributed by atoms with Crippen molar-refractivity contribution in [2.75, 3.05) is 6.61 Å². The molecule has 0 aromatic heterocycles. The summed E-state index contributed by atoms with van der Waals surface area (Å²) in [6.07, 6.45) is -7.18. The van der Waals surface area contributed by atoms with Gasteiger partial charge in [0.25, 0.3) is 0 Å². The monoisotopic (exact) mass is 238 g/mol. The third-order valence-electron chi connectivity index (χ3n) is 2.11. The highest BCUT2D eigenvalue weighted by Gasteiger charge is 2.45. The third kappa shape index (κ3) is 2.88. The van der Waals surface area contributed by atoms with E-state index >= 15 is 0 Å². The summed E-state index contributed by atoms with van der Waals surface area (Å²) < 4.78 is 4.87. The first-order valence-corrected chi connectivity index (χ1v) is 4.61. The molecule has 94 valence electrons. The molecule has 0 aliphatic carbocycles. The SMILES string of the molecule is CC(=O)OO[C@@H]1O[C@H](CO)[C@@H](O)[C@H](O)[C@H]1O. The van der Waals surface area contributed by atoms with E-state index in [0.717, 1.165) is 6.92 Å². The Balaban J connectivity index is 2.60. The lowest BCUT2D eigenvalue weighted by atomic mass is 9.99. The summed E-state index contributed by atoms with van der Waals surface area (Å²) in [5.74, 6) is -0.767. The molecule has 0 aromatic carbocycles. The summed E-state index contributed by atoms with van der Waals surface area (Å²) in [6, 6.07) is 0. The van der Waals surface area contributed by atoms with Crippen LogP contribution in [0.3, 0.4) is 0 Å². The Morgan fingerprint density at radius 1 is 1.25 bits per heavy atom. The van der Waals surface area contributed by atoms with Crippen LogP contribution in [-0.2, 0) is 19.3 Å².